The lowest BCUT2D eigenvalue weighted by atomic mass is 9.67. The number of benzene rings is 1. The molecule has 0 spiro atoms. The molecule has 0 atom stereocenters. The molecule has 3 fully saturated rings. The molecule has 1 aromatic rings. The van der Waals surface area contributed by atoms with Crippen molar-refractivity contribution in [2.45, 2.75) is 19.3 Å². The van der Waals surface area contributed by atoms with Crippen LogP contribution in [0.1, 0.15) is 18.4 Å². The summed E-state index contributed by atoms with van der Waals surface area (Å²) in [4.78, 5) is 14.4. The van der Waals surface area contributed by atoms with Gasteiger partial charge in [-0.2, -0.15) is 0 Å². The van der Waals surface area contributed by atoms with E-state index in [9.17, 15) is 4.79 Å². The van der Waals surface area contributed by atoms with Crippen LogP contribution in [-0.4, -0.2) is 30.3 Å². The van der Waals surface area contributed by atoms with E-state index in [0.29, 0.717) is 12.3 Å². The number of carbonyl (C=O) groups excluding carboxylic acids is 1. The molecule has 0 amide bonds. The molecular weight excluding hydrogens is 198 g/mol. The van der Waals surface area contributed by atoms with E-state index in [1.807, 2.05) is 6.07 Å². The molecule has 3 aliphatic heterocycles. The van der Waals surface area contributed by atoms with Gasteiger partial charge in [-0.25, -0.2) is 0 Å². The smallest absolute Gasteiger partial charge is 0.153 e. The molecule has 84 valence electrons. The monoisotopic (exact) mass is 215 g/mol. The van der Waals surface area contributed by atoms with Gasteiger partial charge in [-0.1, -0.05) is 30.3 Å². The Morgan fingerprint density at radius 3 is 2.44 bits per heavy atom. The van der Waals surface area contributed by atoms with Crippen LogP contribution in [-0.2, 0) is 11.2 Å². The fourth-order valence-electron chi connectivity index (χ4n) is 3.05. The third kappa shape index (κ3) is 1.57. The summed E-state index contributed by atoms with van der Waals surface area (Å²) < 4.78 is 0. The van der Waals surface area contributed by atoms with Crippen molar-refractivity contribution in [1.82, 2.24) is 4.90 Å². The second-order valence-electron chi connectivity index (χ2n) is 5.14. The standard InChI is InChI=1S/C14H17NO/c16-13-11-15-8-6-14(13,7-9-15)10-12-4-2-1-3-5-12/h1-5H,6-11H2. The van der Waals surface area contributed by atoms with Gasteiger partial charge in [-0.05, 0) is 37.9 Å². The number of Topliss-reactive ketones (excluding diaryl/α,β-unsaturated/α-hetero) is 1. The average molecular weight is 215 g/mol. The Labute approximate surface area is 96.3 Å². The Morgan fingerprint density at radius 2 is 1.81 bits per heavy atom. The Morgan fingerprint density at radius 1 is 1.12 bits per heavy atom. The maximum atomic E-state index is 12.1. The molecular formula is C14H17NO. The first-order valence-corrected chi connectivity index (χ1v) is 6.08. The summed E-state index contributed by atoms with van der Waals surface area (Å²) >= 11 is 0. The maximum absolute atomic E-state index is 12.1. The Bertz CT molecular complexity index is 390. The zero-order chi connectivity index (χ0) is 11.0. The lowest BCUT2D eigenvalue weighted by Gasteiger charge is -2.47. The summed E-state index contributed by atoms with van der Waals surface area (Å²) in [5.74, 6) is 0.467. The third-order valence-corrected chi connectivity index (χ3v) is 4.16. The van der Waals surface area contributed by atoms with E-state index in [0.717, 1.165) is 32.4 Å². The zero-order valence-electron chi connectivity index (χ0n) is 9.48. The molecule has 3 aliphatic rings. The first kappa shape index (κ1) is 10.0. The summed E-state index contributed by atoms with van der Waals surface area (Å²) in [7, 11) is 0. The lowest BCUT2D eigenvalue weighted by molar-refractivity contribution is -0.140. The van der Waals surface area contributed by atoms with E-state index in [-0.39, 0.29) is 5.41 Å². The molecule has 0 saturated carbocycles. The quantitative estimate of drug-likeness (QED) is 0.751. The van der Waals surface area contributed by atoms with Crippen molar-refractivity contribution in [3.63, 3.8) is 0 Å². The van der Waals surface area contributed by atoms with Gasteiger partial charge in [-0.3, -0.25) is 9.69 Å². The van der Waals surface area contributed by atoms with Gasteiger partial charge in [0.05, 0.1) is 6.54 Å². The highest BCUT2D eigenvalue weighted by molar-refractivity contribution is 5.88. The van der Waals surface area contributed by atoms with Crippen LogP contribution in [0.5, 0.6) is 0 Å². The second kappa shape index (κ2) is 3.70. The number of ketones is 1. The van der Waals surface area contributed by atoms with Crippen LogP contribution in [0.2, 0.25) is 0 Å². The number of hydrogen-bond donors (Lipinski definition) is 0. The molecule has 2 nitrogen and oxygen atoms in total. The average Bonchev–Trinajstić information content (AvgIpc) is 2.32. The summed E-state index contributed by atoms with van der Waals surface area (Å²) in [6.07, 6.45) is 3.06. The first-order chi connectivity index (χ1) is 7.78. The third-order valence-electron chi connectivity index (χ3n) is 4.16. The molecule has 2 heteroatoms. The molecule has 0 aliphatic carbocycles. The van der Waals surface area contributed by atoms with Crippen LogP contribution in [0.3, 0.4) is 0 Å². The predicted molar refractivity (Wildman–Crippen MR) is 63.3 cm³/mol. The fraction of sp³-hybridized carbons (Fsp3) is 0.500. The van der Waals surface area contributed by atoms with Gasteiger partial charge >= 0.3 is 0 Å². The molecule has 2 bridgehead atoms. The van der Waals surface area contributed by atoms with E-state index < -0.39 is 0 Å². The largest absolute Gasteiger partial charge is 0.298 e. The molecule has 4 rings (SSSR count). The highest BCUT2D eigenvalue weighted by atomic mass is 16.1. The van der Waals surface area contributed by atoms with Crippen LogP contribution < -0.4 is 0 Å². The summed E-state index contributed by atoms with van der Waals surface area (Å²) in [6, 6.07) is 10.4. The summed E-state index contributed by atoms with van der Waals surface area (Å²) in [5.41, 5.74) is 1.28. The molecule has 3 heterocycles. The fourth-order valence-corrected chi connectivity index (χ4v) is 3.05. The zero-order valence-corrected chi connectivity index (χ0v) is 9.48. The molecule has 1 aromatic carbocycles. The minimum Gasteiger partial charge on any atom is -0.298 e. The molecule has 0 radical (unpaired) electrons. The van der Waals surface area contributed by atoms with Crippen LogP contribution in [0, 0.1) is 5.41 Å². The van der Waals surface area contributed by atoms with Crippen LogP contribution in [0.15, 0.2) is 30.3 Å². The Kier molecular flexibility index (Phi) is 2.32. The minimum atomic E-state index is -0.0316. The van der Waals surface area contributed by atoms with Crippen molar-refractivity contribution < 1.29 is 4.79 Å². The van der Waals surface area contributed by atoms with Crippen molar-refractivity contribution in [3.8, 4) is 0 Å². The topological polar surface area (TPSA) is 20.3 Å². The van der Waals surface area contributed by atoms with Gasteiger partial charge in [0.1, 0.15) is 0 Å². The minimum absolute atomic E-state index is 0.0316. The highest BCUT2D eigenvalue weighted by Gasteiger charge is 2.45. The number of carbonyl (C=O) groups is 1. The van der Waals surface area contributed by atoms with Gasteiger partial charge in [0.2, 0.25) is 0 Å². The van der Waals surface area contributed by atoms with E-state index in [1.54, 1.807) is 0 Å². The van der Waals surface area contributed by atoms with Crippen LogP contribution in [0.4, 0.5) is 0 Å². The summed E-state index contributed by atoms with van der Waals surface area (Å²) in [5, 5.41) is 0. The van der Waals surface area contributed by atoms with Crippen molar-refractivity contribution in [1.29, 1.82) is 0 Å². The van der Waals surface area contributed by atoms with Gasteiger partial charge in [-0.15, -0.1) is 0 Å². The first-order valence-electron chi connectivity index (χ1n) is 6.08. The number of hydrogen-bond acceptors (Lipinski definition) is 2. The van der Waals surface area contributed by atoms with Gasteiger partial charge in [0, 0.05) is 5.41 Å². The SMILES string of the molecule is O=C1CN2CCC1(Cc1ccccc1)CC2. The Balaban J connectivity index is 1.85. The Hall–Kier alpha value is -1.15. The molecule has 0 N–H and O–H groups in total. The maximum Gasteiger partial charge on any atom is 0.153 e. The van der Waals surface area contributed by atoms with Crippen molar-refractivity contribution in [2.75, 3.05) is 19.6 Å². The number of fused-ring (bicyclic) bond motifs is 3. The number of piperidine rings is 3. The highest BCUT2D eigenvalue weighted by Crippen LogP contribution is 2.40. The van der Waals surface area contributed by atoms with E-state index in [4.69, 9.17) is 0 Å². The lowest BCUT2D eigenvalue weighted by Crippen LogP contribution is -2.55. The van der Waals surface area contributed by atoms with Crippen molar-refractivity contribution >= 4 is 5.78 Å². The van der Waals surface area contributed by atoms with Crippen molar-refractivity contribution in [3.05, 3.63) is 35.9 Å². The van der Waals surface area contributed by atoms with Gasteiger partial charge in [0.15, 0.2) is 5.78 Å². The molecule has 16 heavy (non-hydrogen) atoms. The van der Waals surface area contributed by atoms with E-state index in [1.165, 1.54) is 5.56 Å². The van der Waals surface area contributed by atoms with Crippen molar-refractivity contribution in [2.24, 2.45) is 5.41 Å². The normalized spacial score (nSPS) is 33.0. The summed E-state index contributed by atoms with van der Waals surface area (Å²) in [6.45, 7) is 2.91. The molecule has 0 unspecified atom stereocenters. The second-order valence-corrected chi connectivity index (χ2v) is 5.14. The number of nitrogens with zero attached hydrogens (tertiary/aromatic N) is 1. The number of rotatable bonds is 2. The van der Waals surface area contributed by atoms with Crippen LogP contribution >= 0.6 is 0 Å². The van der Waals surface area contributed by atoms with E-state index in [2.05, 4.69) is 29.2 Å². The van der Waals surface area contributed by atoms with Crippen LogP contribution in [0.25, 0.3) is 0 Å². The van der Waals surface area contributed by atoms with E-state index >= 15 is 0 Å². The predicted octanol–water partition coefficient (Wildman–Crippen LogP) is 1.89. The van der Waals surface area contributed by atoms with Gasteiger partial charge < -0.3 is 0 Å². The van der Waals surface area contributed by atoms with Gasteiger partial charge in [0.25, 0.3) is 0 Å². The molecule has 3 saturated heterocycles. The molecule has 0 aromatic heterocycles.